The Kier molecular flexibility index (Phi) is 4.04. The number of benzene rings is 1. The third-order valence-corrected chi connectivity index (χ3v) is 3.39. The molecule has 19 heavy (non-hydrogen) atoms. The van der Waals surface area contributed by atoms with Gasteiger partial charge < -0.3 is 15.7 Å². The van der Waals surface area contributed by atoms with Crippen molar-refractivity contribution in [3.63, 3.8) is 0 Å². The van der Waals surface area contributed by atoms with Crippen LogP contribution in [0.3, 0.4) is 0 Å². The van der Waals surface area contributed by atoms with Crippen LogP contribution >= 0.6 is 0 Å². The first-order valence-corrected chi connectivity index (χ1v) is 6.45. The summed E-state index contributed by atoms with van der Waals surface area (Å²) in [5, 5.41) is 14.0. The van der Waals surface area contributed by atoms with Crippen molar-refractivity contribution in [3.8, 4) is 0 Å². The van der Waals surface area contributed by atoms with Gasteiger partial charge in [-0.25, -0.2) is 4.79 Å². The summed E-state index contributed by atoms with van der Waals surface area (Å²) in [5.74, 6) is -1.04. The van der Waals surface area contributed by atoms with Crippen molar-refractivity contribution in [1.82, 2.24) is 10.6 Å². The van der Waals surface area contributed by atoms with Crippen LogP contribution in [0.1, 0.15) is 36.9 Å². The highest BCUT2D eigenvalue weighted by Gasteiger charge is 2.22. The number of carbonyl (C=O) groups excluding carboxylic acids is 1. The summed E-state index contributed by atoms with van der Waals surface area (Å²) in [4.78, 5) is 22.4. The van der Waals surface area contributed by atoms with Crippen LogP contribution < -0.4 is 10.6 Å². The minimum atomic E-state index is -1.04. The number of amides is 2. The maximum Gasteiger partial charge on any atom is 0.325 e. The molecule has 1 aromatic carbocycles. The van der Waals surface area contributed by atoms with Crippen LogP contribution in [0.5, 0.6) is 0 Å². The number of fused-ring (bicyclic) bond motifs is 1. The molecular weight excluding hydrogens is 244 g/mol. The van der Waals surface area contributed by atoms with Crippen molar-refractivity contribution < 1.29 is 14.7 Å². The third-order valence-electron chi connectivity index (χ3n) is 3.39. The topological polar surface area (TPSA) is 78.4 Å². The third kappa shape index (κ3) is 3.24. The van der Waals surface area contributed by atoms with Gasteiger partial charge in [0, 0.05) is 0 Å². The van der Waals surface area contributed by atoms with E-state index in [4.69, 9.17) is 5.11 Å². The molecule has 2 atom stereocenters. The first-order chi connectivity index (χ1) is 9.08. The van der Waals surface area contributed by atoms with Gasteiger partial charge in [0.2, 0.25) is 0 Å². The maximum absolute atomic E-state index is 11.8. The zero-order chi connectivity index (χ0) is 13.8. The van der Waals surface area contributed by atoms with E-state index in [-0.39, 0.29) is 6.04 Å². The molecule has 0 saturated heterocycles. The Bertz CT molecular complexity index is 487. The van der Waals surface area contributed by atoms with E-state index in [9.17, 15) is 9.59 Å². The fraction of sp³-hybridized carbons (Fsp3) is 0.429. The standard InChI is InChI=1S/C14H18N2O3/c1-9(13(17)18)15-14(19)16-12-8-4-6-10-5-2-3-7-11(10)12/h2-3,5,7,9,12H,4,6,8H2,1H3,(H,17,18)(H2,15,16,19)/t9-,12-/m0/s1. The van der Waals surface area contributed by atoms with Crippen molar-refractivity contribution in [3.05, 3.63) is 35.4 Å². The molecule has 3 N–H and O–H groups in total. The van der Waals surface area contributed by atoms with Gasteiger partial charge in [0.15, 0.2) is 0 Å². The molecule has 0 aliphatic heterocycles. The van der Waals surface area contributed by atoms with Crippen LogP contribution in [0.2, 0.25) is 0 Å². The second-order valence-corrected chi connectivity index (χ2v) is 4.82. The molecular formula is C14H18N2O3. The fourth-order valence-electron chi connectivity index (χ4n) is 2.36. The number of carboxylic acids is 1. The van der Waals surface area contributed by atoms with E-state index in [0.717, 1.165) is 24.8 Å². The summed E-state index contributed by atoms with van der Waals surface area (Å²) in [5.41, 5.74) is 2.39. The Balaban J connectivity index is 2.01. The molecule has 0 unspecified atom stereocenters. The zero-order valence-electron chi connectivity index (χ0n) is 10.8. The average molecular weight is 262 g/mol. The number of urea groups is 1. The fourth-order valence-corrected chi connectivity index (χ4v) is 2.36. The summed E-state index contributed by atoms with van der Waals surface area (Å²) in [6.07, 6.45) is 2.93. The van der Waals surface area contributed by atoms with Crippen LogP contribution in [0.25, 0.3) is 0 Å². The van der Waals surface area contributed by atoms with Gasteiger partial charge in [-0.2, -0.15) is 0 Å². The second kappa shape index (κ2) is 5.73. The SMILES string of the molecule is C[C@H](NC(=O)N[C@H]1CCCc2ccccc21)C(=O)O. The van der Waals surface area contributed by atoms with Crippen molar-refractivity contribution in [2.45, 2.75) is 38.3 Å². The van der Waals surface area contributed by atoms with Crippen LogP contribution in [-0.2, 0) is 11.2 Å². The lowest BCUT2D eigenvalue weighted by Crippen LogP contribution is -2.45. The van der Waals surface area contributed by atoms with Crippen LogP contribution in [0.15, 0.2) is 24.3 Å². The number of hydrogen-bond donors (Lipinski definition) is 3. The molecule has 2 rings (SSSR count). The Hall–Kier alpha value is -2.04. The highest BCUT2D eigenvalue weighted by atomic mass is 16.4. The van der Waals surface area contributed by atoms with E-state index < -0.39 is 18.0 Å². The largest absolute Gasteiger partial charge is 0.480 e. The van der Waals surface area contributed by atoms with Crippen LogP contribution in [-0.4, -0.2) is 23.1 Å². The molecule has 0 radical (unpaired) electrons. The predicted octanol–water partition coefficient (Wildman–Crippen LogP) is 1.84. The first kappa shape index (κ1) is 13.4. The van der Waals surface area contributed by atoms with Gasteiger partial charge in [0.05, 0.1) is 6.04 Å². The molecule has 0 aromatic heterocycles. The van der Waals surface area contributed by atoms with Gasteiger partial charge in [0.1, 0.15) is 6.04 Å². The average Bonchev–Trinajstić information content (AvgIpc) is 2.39. The molecule has 0 bridgehead atoms. The van der Waals surface area contributed by atoms with Crippen LogP contribution in [0.4, 0.5) is 4.79 Å². The lowest BCUT2D eigenvalue weighted by Gasteiger charge is -2.26. The quantitative estimate of drug-likeness (QED) is 0.777. The van der Waals surface area contributed by atoms with E-state index in [0.29, 0.717) is 0 Å². The summed E-state index contributed by atoms with van der Waals surface area (Å²) in [6.45, 7) is 1.44. The minimum absolute atomic E-state index is 0.0362. The lowest BCUT2D eigenvalue weighted by molar-refractivity contribution is -0.138. The summed E-state index contributed by atoms with van der Waals surface area (Å²) >= 11 is 0. The number of aryl methyl sites for hydroxylation is 1. The van der Waals surface area contributed by atoms with E-state index in [1.807, 2.05) is 18.2 Å². The normalized spacial score (nSPS) is 19.1. The number of aliphatic carboxylic acids is 1. The van der Waals surface area contributed by atoms with Gasteiger partial charge in [-0.15, -0.1) is 0 Å². The molecule has 1 aromatic rings. The summed E-state index contributed by atoms with van der Waals surface area (Å²) in [7, 11) is 0. The van der Waals surface area contributed by atoms with E-state index in [2.05, 4.69) is 16.7 Å². The molecule has 102 valence electrons. The highest BCUT2D eigenvalue weighted by Crippen LogP contribution is 2.29. The first-order valence-electron chi connectivity index (χ1n) is 6.45. The minimum Gasteiger partial charge on any atom is -0.480 e. The van der Waals surface area contributed by atoms with E-state index >= 15 is 0 Å². The Labute approximate surface area is 112 Å². The van der Waals surface area contributed by atoms with E-state index in [1.54, 1.807) is 0 Å². The molecule has 5 heteroatoms. The zero-order valence-corrected chi connectivity index (χ0v) is 10.8. The second-order valence-electron chi connectivity index (χ2n) is 4.82. The number of hydrogen-bond acceptors (Lipinski definition) is 2. The number of nitrogens with one attached hydrogen (secondary N) is 2. The number of rotatable bonds is 3. The molecule has 0 heterocycles. The van der Waals surface area contributed by atoms with Gasteiger partial charge >= 0.3 is 12.0 Å². The van der Waals surface area contributed by atoms with Gasteiger partial charge in [-0.3, -0.25) is 4.79 Å². The smallest absolute Gasteiger partial charge is 0.325 e. The van der Waals surface area contributed by atoms with Crippen LogP contribution in [0, 0.1) is 0 Å². The lowest BCUT2D eigenvalue weighted by atomic mass is 9.88. The maximum atomic E-state index is 11.8. The van der Waals surface area contributed by atoms with Crippen molar-refractivity contribution >= 4 is 12.0 Å². The summed E-state index contributed by atoms with van der Waals surface area (Å²) in [6, 6.07) is 6.67. The molecule has 2 amide bonds. The van der Waals surface area contributed by atoms with Crippen molar-refractivity contribution in [2.75, 3.05) is 0 Å². The van der Waals surface area contributed by atoms with Gasteiger partial charge in [-0.1, -0.05) is 24.3 Å². The molecule has 5 nitrogen and oxygen atoms in total. The predicted molar refractivity (Wildman–Crippen MR) is 70.9 cm³/mol. The Morgan fingerprint density at radius 3 is 2.84 bits per heavy atom. The molecule has 0 fully saturated rings. The van der Waals surface area contributed by atoms with Crippen molar-refractivity contribution in [2.24, 2.45) is 0 Å². The highest BCUT2D eigenvalue weighted by molar-refractivity contribution is 5.82. The van der Waals surface area contributed by atoms with E-state index in [1.165, 1.54) is 12.5 Å². The molecule has 0 saturated carbocycles. The van der Waals surface area contributed by atoms with Crippen molar-refractivity contribution in [1.29, 1.82) is 0 Å². The monoisotopic (exact) mass is 262 g/mol. The van der Waals surface area contributed by atoms with Gasteiger partial charge in [-0.05, 0) is 37.3 Å². The van der Waals surface area contributed by atoms with Gasteiger partial charge in [0.25, 0.3) is 0 Å². The number of carbonyl (C=O) groups is 2. The molecule has 0 spiro atoms. The molecule has 1 aliphatic rings. The Morgan fingerprint density at radius 2 is 2.11 bits per heavy atom. The molecule has 1 aliphatic carbocycles. The Morgan fingerprint density at radius 1 is 1.37 bits per heavy atom. The summed E-state index contributed by atoms with van der Waals surface area (Å²) < 4.78 is 0. The number of carboxylic acid groups (broad SMARTS) is 1.